The second kappa shape index (κ2) is 5.25. The van der Waals surface area contributed by atoms with Crippen molar-refractivity contribution in [3.8, 4) is 0 Å². The molecule has 5 nitrogen and oxygen atoms in total. The highest BCUT2D eigenvalue weighted by Gasteiger charge is 2.27. The van der Waals surface area contributed by atoms with Crippen LogP contribution in [-0.2, 0) is 0 Å². The molecule has 0 amide bonds. The summed E-state index contributed by atoms with van der Waals surface area (Å²) in [5, 5.41) is 14.4. The Morgan fingerprint density at radius 3 is 2.89 bits per heavy atom. The predicted molar refractivity (Wildman–Crippen MR) is 73.3 cm³/mol. The van der Waals surface area contributed by atoms with Crippen molar-refractivity contribution >= 4 is 17.1 Å². The van der Waals surface area contributed by atoms with Gasteiger partial charge in [0.05, 0.1) is 4.92 Å². The standard InChI is InChI=1S/C13H19N3O2/c1-3-14-11-5-4-6-12(13(11)16(17)18)15-8-7-10(2)9-15/h4-6,10,14H,3,7-9H2,1-2H3. The van der Waals surface area contributed by atoms with Crippen molar-refractivity contribution in [3.63, 3.8) is 0 Å². The van der Waals surface area contributed by atoms with Crippen LogP contribution in [0.4, 0.5) is 17.1 Å². The van der Waals surface area contributed by atoms with Crippen LogP contribution in [0.5, 0.6) is 0 Å². The average molecular weight is 249 g/mol. The quantitative estimate of drug-likeness (QED) is 0.658. The molecular weight excluding hydrogens is 230 g/mol. The predicted octanol–water partition coefficient (Wildman–Crippen LogP) is 2.87. The van der Waals surface area contributed by atoms with Crippen molar-refractivity contribution in [1.82, 2.24) is 0 Å². The van der Waals surface area contributed by atoms with Crippen LogP contribution in [0.3, 0.4) is 0 Å². The zero-order chi connectivity index (χ0) is 13.1. The van der Waals surface area contributed by atoms with Gasteiger partial charge in [-0.1, -0.05) is 13.0 Å². The SMILES string of the molecule is CCNc1cccc(N2CCC(C)C2)c1[N+](=O)[O-]. The molecule has 0 bridgehead atoms. The summed E-state index contributed by atoms with van der Waals surface area (Å²) < 4.78 is 0. The maximum absolute atomic E-state index is 11.3. The summed E-state index contributed by atoms with van der Waals surface area (Å²) in [7, 11) is 0. The highest BCUT2D eigenvalue weighted by molar-refractivity contribution is 5.77. The smallest absolute Gasteiger partial charge is 0.315 e. The van der Waals surface area contributed by atoms with E-state index in [-0.39, 0.29) is 10.6 Å². The molecule has 1 saturated heterocycles. The number of nitro groups is 1. The van der Waals surface area contributed by atoms with Crippen molar-refractivity contribution in [2.75, 3.05) is 29.9 Å². The van der Waals surface area contributed by atoms with E-state index in [0.717, 1.165) is 25.2 Å². The van der Waals surface area contributed by atoms with Crippen molar-refractivity contribution in [2.45, 2.75) is 20.3 Å². The fourth-order valence-corrected chi connectivity index (χ4v) is 2.47. The second-order valence-corrected chi connectivity index (χ2v) is 4.80. The van der Waals surface area contributed by atoms with E-state index in [2.05, 4.69) is 17.1 Å². The maximum Gasteiger partial charge on any atom is 0.315 e. The minimum absolute atomic E-state index is 0.202. The third-order valence-electron chi connectivity index (χ3n) is 3.33. The third-order valence-corrected chi connectivity index (χ3v) is 3.33. The summed E-state index contributed by atoms with van der Waals surface area (Å²) in [6.07, 6.45) is 1.10. The van der Waals surface area contributed by atoms with Crippen LogP contribution in [0.2, 0.25) is 0 Å². The van der Waals surface area contributed by atoms with Gasteiger partial charge in [0.15, 0.2) is 0 Å². The molecule has 5 heteroatoms. The van der Waals surface area contributed by atoms with Gasteiger partial charge < -0.3 is 10.2 Å². The molecular formula is C13H19N3O2. The van der Waals surface area contributed by atoms with Crippen molar-refractivity contribution in [2.24, 2.45) is 5.92 Å². The van der Waals surface area contributed by atoms with Crippen LogP contribution >= 0.6 is 0 Å². The Hall–Kier alpha value is -1.78. The summed E-state index contributed by atoms with van der Waals surface area (Å²) in [5.74, 6) is 0.604. The Morgan fingerprint density at radius 2 is 2.33 bits per heavy atom. The van der Waals surface area contributed by atoms with E-state index in [4.69, 9.17) is 0 Å². The summed E-state index contributed by atoms with van der Waals surface area (Å²) in [4.78, 5) is 13.1. The number of nitrogens with zero attached hydrogens (tertiary/aromatic N) is 2. The first kappa shape index (κ1) is 12.7. The van der Waals surface area contributed by atoms with Gasteiger partial charge in [-0.05, 0) is 31.4 Å². The number of hydrogen-bond donors (Lipinski definition) is 1. The van der Waals surface area contributed by atoms with Gasteiger partial charge in [-0.25, -0.2) is 0 Å². The van der Waals surface area contributed by atoms with Crippen molar-refractivity contribution in [1.29, 1.82) is 0 Å². The molecule has 0 aromatic heterocycles. The molecule has 1 N–H and O–H groups in total. The van der Waals surface area contributed by atoms with Crippen molar-refractivity contribution in [3.05, 3.63) is 28.3 Å². The zero-order valence-corrected chi connectivity index (χ0v) is 10.8. The van der Waals surface area contributed by atoms with Gasteiger partial charge in [0.2, 0.25) is 0 Å². The highest BCUT2D eigenvalue weighted by atomic mass is 16.6. The third kappa shape index (κ3) is 2.39. The fraction of sp³-hybridized carbons (Fsp3) is 0.538. The molecule has 1 atom stereocenters. The summed E-state index contributed by atoms with van der Waals surface area (Å²) in [5.41, 5.74) is 1.55. The molecule has 0 saturated carbocycles. The van der Waals surface area contributed by atoms with E-state index in [1.165, 1.54) is 0 Å². The van der Waals surface area contributed by atoms with Gasteiger partial charge in [0, 0.05) is 19.6 Å². The number of para-hydroxylation sites is 1. The summed E-state index contributed by atoms with van der Waals surface area (Å²) in [6, 6.07) is 5.49. The molecule has 0 aliphatic carbocycles. The molecule has 1 unspecified atom stereocenters. The molecule has 2 rings (SSSR count). The van der Waals surface area contributed by atoms with Crippen LogP contribution in [-0.4, -0.2) is 24.6 Å². The number of benzene rings is 1. The molecule has 1 heterocycles. The van der Waals surface area contributed by atoms with E-state index >= 15 is 0 Å². The largest absolute Gasteiger partial charge is 0.380 e. The maximum atomic E-state index is 11.3. The lowest BCUT2D eigenvalue weighted by molar-refractivity contribution is -0.383. The van der Waals surface area contributed by atoms with E-state index in [1.807, 2.05) is 19.1 Å². The van der Waals surface area contributed by atoms with Crippen molar-refractivity contribution < 1.29 is 4.92 Å². The first-order chi connectivity index (χ1) is 8.63. The molecule has 1 aromatic carbocycles. The van der Waals surface area contributed by atoms with Crippen LogP contribution in [0.15, 0.2) is 18.2 Å². The lowest BCUT2D eigenvalue weighted by Gasteiger charge is -2.19. The minimum Gasteiger partial charge on any atom is -0.380 e. The number of hydrogen-bond acceptors (Lipinski definition) is 4. The molecule has 1 aliphatic rings. The summed E-state index contributed by atoms with van der Waals surface area (Å²) in [6.45, 7) is 6.60. The molecule has 98 valence electrons. The lowest BCUT2D eigenvalue weighted by atomic mass is 10.2. The van der Waals surface area contributed by atoms with Gasteiger partial charge in [-0.2, -0.15) is 0 Å². The molecule has 1 aliphatic heterocycles. The lowest BCUT2D eigenvalue weighted by Crippen LogP contribution is -2.20. The molecule has 1 fully saturated rings. The Bertz CT molecular complexity index is 448. The normalized spacial score (nSPS) is 19.0. The second-order valence-electron chi connectivity index (χ2n) is 4.80. The first-order valence-corrected chi connectivity index (χ1v) is 6.39. The highest BCUT2D eigenvalue weighted by Crippen LogP contribution is 2.37. The monoisotopic (exact) mass is 249 g/mol. The Morgan fingerprint density at radius 1 is 1.56 bits per heavy atom. The topological polar surface area (TPSA) is 58.4 Å². The fourth-order valence-electron chi connectivity index (χ4n) is 2.47. The van der Waals surface area contributed by atoms with E-state index in [0.29, 0.717) is 18.2 Å². The number of rotatable bonds is 4. The molecule has 0 spiro atoms. The van der Waals surface area contributed by atoms with E-state index < -0.39 is 0 Å². The molecule has 1 aromatic rings. The zero-order valence-electron chi connectivity index (χ0n) is 10.8. The Labute approximate surface area is 107 Å². The van der Waals surface area contributed by atoms with Gasteiger partial charge in [-0.3, -0.25) is 10.1 Å². The van der Waals surface area contributed by atoms with E-state index in [1.54, 1.807) is 6.07 Å². The Balaban J connectivity index is 2.39. The minimum atomic E-state index is -0.281. The van der Waals surface area contributed by atoms with Crippen LogP contribution < -0.4 is 10.2 Å². The van der Waals surface area contributed by atoms with Gasteiger partial charge in [-0.15, -0.1) is 0 Å². The number of nitro benzene ring substituents is 1. The Kier molecular flexibility index (Phi) is 3.69. The average Bonchev–Trinajstić information content (AvgIpc) is 2.75. The van der Waals surface area contributed by atoms with Crippen LogP contribution in [0.1, 0.15) is 20.3 Å². The van der Waals surface area contributed by atoms with Gasteiger partial charge in [0.1, 0.15) is 11.4 Å². The van der Waals surface area contributed by atoms with E-state index in [9.17, 15) is 10.1 Å². The first-order valence-electron chi connectivity index (χ1n) is 6.39. The number of nitrogens with one attached hydrogen (secondary N) is 1. The summed E-state index contributed by atoms with van der Waals surface area (Å²) >= 11 is 0. The van der Waals surface area contributed by atoms with Gasteiger partial charge >= 0.3 is 5.69 Å². The van der Waals surface area contributed by atoms with Crippen LogP contribution in [0, 0.1) is 16.0 Å². The number of anilines is 2. The van der Waals surface area contributed by atoms with Crippen LogP contribution in [0.25, 0.3) is 0 Å². The molecule has 18 heavy (non-hydrogen) atoms. The van der Waals surface area contributed by atoms with Gasteiger partial charge in [0.25, 0.3) is 0 Å². The molecule has 0 radical (unpaired) electrons.